The quantitative estimate of drug-likeness (QED) is 0.709. The van der Waals surface area contributed by atoms with Crippen molar-refractivity contribution in [3.05, 3.63) is 28.9 Å². The first-order valence-electron chi connectivity index (χ1n) is 1.97. The number of hydrogen-bond donors (Lipinski definition) is 0. The standard InChI is InChI=1S/C5H10O.2CH3.2Y/c1-5(2)4-6-3;;;;/h5H,1,3-4H2,2H3;2*1H3;;/q-2;2*-1;;. The molecule has 1 atom stereocenters. The average Bonchev–Trinajstić information content (AvgIpc) is 1.35. The average molecular weight is 294 g/mol. The van der Waals surface area contributed by atoms with Crippen LogP contribution < -0.4 is 0 Å². The van der Waals surface area contributed by atoms with Crippen molar-refractivity contribution in [1.29, 1.82) is 0 Å². The van der Waals surface area contributed by atoms with Gasteiger partial charge in [0.1, 0.15) is 0 Å². The molecular formula is C7H16OY2-4. The molecule has 0 aromatic heterocycles. The topological polar surface area (TPSA) is 9.23 Å². The maximum Gasteiger partial charge on any atom is 0 e. The Kier molecular flexibility index (Phi) is 66.4. The molecule has 0 rings (SSSR count). The van der Waals surface area contributed by atoms with E-state index in [-0.39, 0.29) is 80.3 Å². The summed E-state index contributed by atoms with van der Waals surface area (Å²) in [6.45, 7) is 6.29. The van der Waals surface area contributed by atoms with Gasteiger partial charge < -0.3 is 26.5 Å². The molecule has 3 heteroatoms. The van der Waals surface area contributed by atoms with Gasteiger partial charge in [0.2, 0.25) is 0 Å². The summed E-state index contributed by atoms with van der Waals surface area (Å²) in [6.07, 6.45) is 0. The summed E-state index contributed by atoms with van der Waals surface area (Å²) in [6, 6.07) is 0. The van der Waals surface area contributed by atoms with Crippen molar-refractivity contribution in [1.82, 2.24) is 0 Å². The van der Waals surface area contributed by atoms with Gasteiger partial charge in [0.05, 0.1) is 0 Å². The van der Waals surface area contributed by atoms with Gasteiger partial charge in [-0.2, -0.15) is 5.92 Å². The normalized spacial score (nSPS) is 8.70. The Morgan fingerprint density at radius 3 is 1.60 bits per heavy atom. The van der Waals surface area contributed by atoms with Gasteiger partial charge in [0, 0.05) is 65.4 Å². The summed E-state index contributed by atoms with van der Waals surface area (Å²) in [5.41, 5.74) is 0. The smallest absolute Gasteiger partial charge is 0 e. The molecule has 0 saturated carbocycles. The number of rotatable bonds is 2. The van der Waals surface area contributed by atoms with Crippen LogP contribution in [0.4, 0.5) is 0 Å². The first-order chi connectivity index (χ1) is 2.77. The fourth-order valence-corrected chi connectivity index (χ4v) is 0.201. The molecule has 0 aliphatic carbocycles. The third-order valence-electron chi connectivity index (χ3n) is 0.402. The SMILES string of the molecule is [CH2-]OCC([CH2-])C.[CH3-].[CH3-].[Y].[Y]. The monoisotopic (exact) mass is 294 g/mol. The van der Waals surface area contributed by atoms with Crippen LogP contribution >= 0.6 is 0 Å². The van der Waals surface area contributed by atoms with Crippen LogP contribution in [0.3, 0.4) is 0 Å². The van der Waals surface area contributed by atoms with Crippen LogP contribution in [0, 0.1) is 34.8 Å². The Labute approximate surface area is 117 Å². The van der Waals surface area contributed by atoms with Crippen LogP contribution in [0.5, 0.6) is 0 Å². The second-order valence-electron chi connectivity index (χ2n) is 1.48. The van der Waals surface area contributed by atoms with Gasteiger partial charge in [-0.15, -0.1) is 0 Å². The molecule has 0 N–H and O–H groups in total. The molecule has 0 bridgehead atoms. The molecule has 1 nitrogen and oxygen atoms in total. The van der Waals surface area contributed by atoms with Crippen molar-refractivity contribution in [2.24, 2.45) is 5.92 Å². The zero-order valence-corrected chi connectivity index (χ0v) is 12.9. The van der Waals surface area contributed by atoms with Crippen LogP contribution in [0.15, 0.2) is 0 Å². The van der Waals surface area contributed by atoms with Gasteiger partial charge in [-0.3, -0.25) is 0 Å². The van der Waals surface area contributed by atoms with Crippen molar-refractivity contribution < 1.29 is 70.2 Å². The van der Waals surface area contributed by atoms with Gasteiger partial charge in [0.25, 0.3) is 0 Å². The second-order valence-corrected chi connectivity index (χ2v) is 1.48. The first-order valence-corrected chi connectivity index (χ1v) is 1.97. The van der Waals surface area contributed by atoms with E-state index in [4.69, 9.17) is 0 Å². The van der Waals surface area contributed by atoms with Crippen LogP contribution in [-0.4, -0.2) is 6.61 Å². The van der Waals surface area contributed by atoms with E-state index in [1.165, 1.54) is 0 Å². The fourth-order valence-electron chi connectivity index (χ4n) is 0.201. The van der Waals surface area contributed by atoms with E-state index in [0.717, 1.165) is 0 Å². The molecule has 0 saturated heterocycles. The predicted octanol–water partition coefficient (Wildman–Crippen LogP) is 2.16. The molecule has 0 aliphatic heterocycles. The van der Waals surface area contributed by atoms with Gasteiger partial charge in [-0.05, 0) is 6.61 Å². The first kappa shape index (κ1) is 29.5. The summed E-state index contributed by atoms with van der Waals surface area (Å²) < 4.78 is 4.49. The molecule has 60 valence electrons. The van der Waals surface area contributed by atoms with Gasteiger partial charge in [-0.1, -0.05) is 6.92 Å². The van der Waals surface area contributed by atoms with Gasteiger partial charge >= 0.3 is 0 Å². The molecule has 0 aromatic rings. The van der Waals surface area contributed by atoms with E-state index in [2.05, 4.69) is 18.8 Å². The Morgan fingerprint density at radius 2 is 1.60 bits per heavy atom. The van der Waals surface area contributed by atoms with Crippen molar-refractivity contribution in [2.75, 3.05) is 6.61 Å². The number of ether oxygens (including phenoxy) is 1. The van der Waals surface area contributed by atoms with E-state index >= 15 is 0 Å². The molecule has 2 radical (unpaired) electrons. The van der Waals surface area contributed by atoms with Crippen molar-refractivity contribution in [3.63, 3.8) is 0 Å². The molecule has 0 amide bonds. The summed E-state index contributed by atoms with van der Waals surface area (Å²) in [5.74, 6) is 0.363. The van der Waals surface area contributed by atoms with E-state index in [0.29, 0.717) is 12.5 Å². The molecular weight excluding hydrogens is 278 g/mol. The zero-order valence-electron chi connectivity index (χ0n) is 7.26. The second kappa shape index (κ2) is 22.5. The van der Waals surface area contributed by atoms with E-state index in [1.807, 2.05) is 6.92 Å². The Hall–Kier alpha value is 2.17. The summed E-state index contributed by atoms with van der Waals surface area (Å²) in [4.78, 5) is 0. The molecule has 0 spiro atoms. The Bertz CT molecular complexity index is 32.8. The zero-order chi connectivity index (χ0) is 4.99. The van der Waals surface area contributed by atoms with Crippen molar-refractivity contribution >= 4 is 0 Å². The molecule has 0 fully saturated rings. The third kappa shape index (κ3) is 32.0. The van der Waals surface area contributed by atoms with Crippen molar-refractivity contribution in [3.8, 4) is 0 Å². The minimum absolute atomic E-state index is 0. The summed E-state index contributed by atoms with van der Waals surface area (Å²) in [5, 5.41) is 0. The largest absolute Gasteiger partial charge is 0.557 e. The van der Waals surface area contributed by atoms with Gasteiger partial charge in [-0.25, -0.2) is 7.11 Å². The van der Waals surface area contributed by atoms with Crippen LogP contribution in [-0.2, 0) is 70.2 Å². The molecule has 0 aliphatic rings. The van der Waals surface area contributed by atoms with Crippen molar-refractivity contribution in [2.45, 2.75) is 6.92 Å². The minimum atomic E-state index is 0. The molecule has 0 heterocycles. The maximum absolute atomic E-state index is 4.49. The number of hydrogen-bond acceptors (Lipinski definition) is 1. The summed E-state index contributed by atoms with van der Waals surface area (Å²) >= 11 is 0. The maximum atomic E-state index is 4.49. The minimum Gasteiger partial charge on any atom is -0.557 e. The Balaban J connectivity index is -0.0000000208. The molecule has 10 heavy (non-hydrogen) atoms. The molecule has 0 aromatic carbocycles. The Morgan fingerprint density at radius 1 is 1.30 bits per heavy atom. The van der Waals surface area contributed by atoms with Crippen LogP contribution in [0.25, 0.3) is 0 Å². The molecule has 1 unspecified atom stereocenters. The van der Waals surface area contributed by atoms with Crippen LogP contribution in [0.2, 0.25) is 0 Å². The predicted molar refractivity (Wildman–Crippen MR) is 38.7 cm³/mol. The van der Waals surface area contributed by atoms with E-state index in [1.54, 1.807) is 0 Å². The van der Waals surface area contributed by atoms with Gasteiger partial charge in [0.15, 0.2) is 0 Å². The fraction of sp³-hybridized carbons (Fsp3) is 0.429. The third-order valence-corrected chi connectivity index (χ3v) is 0.402. The van der Waals surface area contributed by atoms with E-state index in [9.17, 15) is 0 Å². The summed E-state index contributed by atoms with van der Waals surface area (Å²) in [7, 11) is 3.19. The van der Waals surface area contributed by atoms with Crippen LogP contribution in [0.1, 0.15) is 6.92 Å². The van der Waals surface area contributed by atoms with E-state index < -0.39 is 0 Å².